The van der Waals surface area contributed by atoms with Gasteiger partial charge >= 0.3 is 0 Å². The van der Waals surface area contributed by atoms with Crippen LogP contribution in [-0.2, 0) is 13.5 Å². The van der Waals surface area contributed by atoms with Gasteiger partial charge in [-0.2, -0.15) is 5.10 Å². The molecule has 4 heteroatoms. The van der Waals surface area contributed by atoms with Crippen molar-refractivity contribution in [2.24, 2.45) is 12.8 Å². The van der Waals surface area contributed by atoms with E-state index in [-0.39, 0.29) is 6.04 Å². The lowest BCUT2D eigenvalue weighted by molar-refractivity contribution is 0.726. The van der Waals surface area contributed by atoms with Crippen LogP contribution in [0, 0.1) is 13.8 Å². The molecule has 0 saturated carbocycles. The molecule has 0 aliphatic rings. The van der Waals surface area contributed by atoms with Crippen LogP contribution in [0.4, 0.5) is 11.5 Å². The quantitative estimate of drug-likeness (QED) is 0.919. The van der Waals surface area contributed by atoms with E-state index in [2.05, 4.69) is 55.0 Å². The van der Waals surface area contributed by atoms with E-state index in [0.717, 1.165) is 24.5 Å². The van der Waals surface area contributed by atoms with Crippen molar-refractivity contribution in [3.05, 3.63) is 41.1 Å². The molecule has 0 aliphatic heterocycles. The van der Waals surface area contributed by atoms with Crippen LogP contribution in [0.3, 0.4) is 0 Å². The summed E-state index contributed by atoms with van der Waals surface area (Å²) in [6.45, 7) is 9.27. The molecule has 114 valence electrons. The number of aromatic nitrogens is 2. The number of hydrogen-bond donors (Lipinski definition) is 1. The Bertz CT molecular complexity index is 596. The Morgan fingerprint density at radius 1 is 1.24 bits per heavy atom. The first-order chi connectivity index (χ1) is 9.93. The Balaban J connectivity index is 2.49. The highest BCUT2D eigenvalue weighted by Gasteiger charge is 2.20. The van der Waals surface area contributed by atoms with E-state index < -0.39 is 0 Å². The van der Waals surface area contributed by atoms with E-state index in [1.54, 1.807) is 0 Å². The molecule has 1 aromatic carbocycles. The molecule has 1 heterocycles. The zero-order valence-electron chi connectivity index (χ0n) is 13.7. The molecule has 1 unspecified atom stereocenters. The molecule has 0 fully saturated rings. The molecule has 2 N–H and O–H groups in total. The van der Waals surface area contributed by atoms with Gasteiger partial charge in [-0.05, 0) is 46.2 Å². The first-order valence-electron chi connectivity index (χ1n) is 7.56. The largest absolute Gasteiger partial charge is 0.328 e. The zero-order chi connectivity index (χ0) is 15.6. The zero-order valence-corrected chi connectivity index (χ0v) is 13.7. The van der Waals surface area contributed by atoms with Crippen molar-refractivity contribution in [1.82, 2.24) is 9.78 Å². The second-order valence-corrected chi connectivity index (χ2v) is 5.77. The smallest absolute Gasteiger partial charge is 0.134 e. The number of rotatable bonds is 5. The van der Waals surface area contributed by atoms with Gasteiger partial charge in [0.25, 0.3) is 0 Å². The predicted molar refractivity (Wildman–Crippen MR) is 89.2 cm³/mol. The van der Waals surface area contributed by atoms with Crippen molar-refractivity contribution < 1.29 is 0 Å². The molecule has 0 spiro atoms. The van der Waals surface area contributed by atoms with Gasteiger partial charge in [0.05, 0.1) is 5.69 Å². The van der Waals surface area contributed by atoms with Crippen molar-refractivity contribution in [3.63, 3.8) is 0 Å². The van der Waals surface area contributed by atoms with Gasteiger partial charge in [0.1, 0.15) is 5.82 Å². The normalized spacial score (nSPS) is 12.5. The summed E-state index contributed by atoms with van der Waals surface area (Å²) < 4.78 is 1.97. The maximum absolute atomic E-state index is 6.02. The summed E-state index contributed by atoms with van der Waals surface area (Å²) in [6.07, 6.45) is 0.845. The molecule has 1 atom stereocenters. The highest BCUT2D eigenvalue weighted by atomic mass is 15.4. The van der Waals surface area contributed by atoms with Crippen LogP contribution in [0.15, 0.2) is 24.3 Å². The van der Waals surface area contributed by atoms with Crippen LogP contribution in [0.1, 0.15) is 30.7 Å². The molecule has 0 amide bonds. The van der Waals surface area contributed by atoms with E-state index in [1.165, 1.54) is 16.8 Å². The number of hydrogen-bond acceptors (Lipinski definition) is 3. The SMILES string of the molecule is CCN(c1ccc(C)cc1)c1c(CC(C)N)c(C)nn1C. The maximum atomic E-state index is 6.02. The van der Waals surface area contributed by atoms with E-state index in [9.17, 15) is 0 Å². The number of benzene rings is 1. The number of aryl methyl sites for hydroxylation is 3. The molecule has 4 nitrogen and oxygen atoms in total. The van der Waals surface area contributed by atoms with Gasteiger partial charge in [-0.3, -0.25) is 4.68 Å². The van der Waals surface area contributed by atoms with Crippen LogP contribution in [0.25, 0.3) is 0 Å². The van der Waals surface area contributed by atoms with Gasteiger partial charge < -0.3 is 10.6 Å². The lowest BCUT2D eigenvalue weighted by Crippen LogP contribution is -2.23. The van der Waals surface area contributed by atoms with Gasteiger partial charge in [-0.15, -0.1) is 0 Å². The molecule has 0 bridgehead atoms. The van der Waals surface area contributed by atoms with Gasteiger partial charge in [0.15, 0.2) is 0 Å². The Labute approximate surface area is 127 Å². The first-order valence-corrected chi connectivity index (χ1v) is 7.56. The number of nitrogens with two attached hydrogens (primary N) is 1. The minimum atomic E-state index is 0.128. The fourth-order valence-electron chi connectivity index (χ4n) is 2.77. The van der Waals surface area contributed by atoms with Crippen LogP contribution in [0.2, 0.25) is 0 Å². The molecule has 0 saturated heterocycles. The Kier molecular flexibility index (Phi) is 4.68. The summed E-state index contributed by atoms with van der Waals surface area (Å²) in [5, 5.41) is 4.60. The molecule has 0 radical (unpaired) electrons. The molecule has 2 rings (SSSR count). The minimum Gasteiger partial charge on any atom is -0.328 e. The van der Waals surface area contributed by atoms with Crippen LogP contribution < -0.4 is 10.6 Å². The lowest BCUT2D eigenvalue weighted by atomic mass is 10.1. The predicted octanol–water partition coefficient (Wildman–Crippen LogP) is 3.08. The molecular formula is C17H26N4. The highest BCUT2D eigenvalue weighted by Crippen LogP contribution is 2.30. The van der Waals surface area contributed by atoms with E-state index >= 15 is 0 Å². The molecular weight excluding hydrogens is 260 g/mol. The topological polar surface area (TPSA) is 47.1 Å². The van der Waals surface area contributed by atoms with Crippen molar-refractivity contribution in [3.8, 4) is 0 Å². The van der Waals surface area contributed by atoms with Crippen LogP contribution in [-0.4, -0.2) is 22.4 Å². The van der Waals surface area contributed by atoms with E-state index in [4.69, 9.17) is 5.73 Å². The Hall–Kier alpha value is -1.81. The third-order valence-corrected chi connectivity index (χ3v) is 3.76. The maximum Gasteiger partial charge on any atom is 0.134 e. The summed E-state index contributed by atoms with van der Waals surface area (Å²) in [6, 6.07) is 8.75. The van der Waals surface area contributed by atoms with Gasteiger partial charge in [0.2, 0.25) is 0 Å². The average Bonchev–Trinajstić information content (AvgIpc) is 2.68. The lowest BCUT2D eigenvalue weighted by Gasteiger charge is -2.25. The number of nitrogens with zero attached hydrogens (tertiary/aromatic N) is 3. The third kappa shape index (κ3) is 3.27. The summed E-state index contributed by atoms with van der Waals surface area (Å²) in [5.74, 6) is 1.15. The van der Waals surface area contributed by atoms with Crippen molar-refractivity contribution in [1.29, 1.82) is 0 Å². The summed E-state index contributed by atoms with van der Waals surface area (Å²) in [5.41, 5.74) is 10.8. The fraction of sp³-hybridized carbons (Fsp3) is 0.471. The highest BCUT2D eigenvalue weighted by molar-refractivity contribution is 5.64. The number of anilines is 2. The van der Waals surface area contributed by atoms with Crippen molar-refractivity contribution >= 4 is 11.5 Å². The summed E-state index contributed by atoms with van der Waals surface area (Å²) >= 11 is 0. The molecule has 21 heavy (non-hydrogen) atoms. The monoisotopic (exact) mass is 286 g/mol. The average molecular weight is 286 g/mol. The second kappa shape index (κ2) is 6.31. The van der Waals surface area contributed by atoms with Gasteiger partial charge in [-0.1, -0.05) is 17.7 Å². The minimum absolute atomic E-state index is 0.128. The Morgan fingerprint density at radius 3 is 2.38 bits per heavy atom. The summed E-state index contributed by atoms with van der Waals surface area (Å²) in [7, 11) is 2.00. The van der Waals surface area contributed by atoms with Crippen LogP contribution >= 0.6 is 0 Å². The van der Waals surface area contributed by atoms with Crippen molar-refractivity contribution in [2.75, 3.05) is 11.4 Å². The molecule has 1 aromatic heterocycles. The van der Waals surface area contributed by atoms with Gasteiger partial charge in [-0.25, -0.2) is 0 Å². The second-order valence-electron chi connectivity index (χ2n) is 5.77. The molecule has 2 aromatic rings. The standard InChI is InChI=1S/C17H26N4/c1-6-21(15-9-7-12(2)8-10-15)17-16(11-13(3)18)14(4)19-20(17)5/h7-10,13H,6,11,18H2,1-5H3. The van der Waals surface area contributed by atoms with Gasteiger partial charge in [0, 0.05) is 30.9 Å². The van der Waals surface area contributed by atoms with Crippen molar-refractivity contribution in [2.45, 2.75) is 40.2 Å². The fourth-order valence-corrected chi connectivity index (χ4v) is 2.77. The Morgan fingerprint density at radius 2 is 1.86 bits per heavy atom. The van der Waals surface area contributed by atoms with Crippen LogP contribution in [0.5, 0.6) is 0 Å². The van der Waals surface area contributed by atoms with E-state index in [1.807, 2.05) is 18.7 Å². The van der Waals surface area contributed by atoms with E-state index in [0.29, 0.717) is 0 Å². The summed E-state index contributed by atoms with van der Waals surface area (Å²) in [4.78, 5) is 2.30. The first kappa shape index (κ1) is 15.6. The third-order valence-electron chi connectivity index (χ3n) is 3.76. The molecule has 0 aliphatic carbocycles.